The van der Waals surface area contributed by atoms with Gasteiger partial charge in [-0.2, -0.15) is 9.97 Å². The number of benzene rings is 7. The lowest BCUT2D eigenvalue weighted by Crippen LogP contribution is -2.06. The molecule has 51 heavy (non-hydrogen) atoms. The molecule has 0 fully saturated rings. The third-order valence-corrected chi connectivity index (χ3v) is 9.97. The molecule has 0 spiro atoms. The fraction of sp³-hybridized carbons (Fsp3) is 0. The third-order valence-electron chi connectivity index (χ3n) is 9.97. The predicted molar refractivity (Wildman–Crippen MR) is 207 cm³/mol. The van der Waals surface area contributed by atoms with Gasteiger partial charge in [-0.3, -0.25) is 4.57 Å². The van der Waals surface area contributed by atoms with E-state index in [1.54, 1.807) is 0 Å². The zero-order chi connectivity index (χ0) is 33.5. The Morgan fingerprint density at radius 3 is 1.51 bits per heavy atom. The van der Waals surface area contributed by atoms with Crippen LogP contribution in [0.1, 0.15) is 0 Å². The van der Waals surface area contributed by atoms with Crippen molar-refractivity contribution in [2.24, 2.45) is 0 Å². The van der Waals surface area contributed by atoms with Gasteiger partial charge in [-0.05, 0) is 42.5 Å². The van der Waals surface area contributed by atoms with Crippen molar-refractivity contribution in [1.29, 1.82) is 0 Å². The van der Waals surface area contributed by atoms with Gasteiger partial charge in [0.2, 0.25) is 5.95 Å². The van der Waals surface area contributed by atoms with Crippen molar-refractivity contribution in [1.82, 2.24) is 24.1 Å². The second-order valence-electron chi connectivity index (χ2n) is 12.9. The van der Waals surface area contributed by atoms with Crippen LogP contribution in [0.25, 0.3) is 100.0 Å². The molecule has 0 aliphatic heterocycles. The van der Waals surface area contributed by atoms with Crippen molar-refractivity contribution in [3.05, 3.63) is 164 Å². The number of aromatic nitrogens is 5. The largest absolute Gasteiger partial charge is 0.456 e. The first-order chi connectivity index (χ1) is 25.3. The number of rotatable bonds is 4. The third kappa shape index (κ3) is 4.20. The van der Waals surface area contributed by atoms with Gasteiger partial charge in [0, 0.05) is 55.2 Å². The lowest BCUT2D eigenvalue weighted by Gasteiger charge is -2.11. The highest BCUT2D eigenvalue weighted by molar-refractivity contribution is 6.19. The maximum Gasteiger partial charge on any atom is 0.238 e. The van der Waals surface area contributed by atoms with Crippen molar-refractivity contribution in [3.8, 4) is 34.4 Å². The Morgan fingerprint density at radius 1 is 0.353 bits per heavy atom. The molecule has 11 aromatic rings. The summed E-state index contributed by atoms with van der Waals surface area (Å²) in [7, 11) is 0. The van der Waals surface area contributed by atoms with Crippen LogP contribution in [-0.4, -0.2) is 24.1 Å². The molecule has 11 rings (SSSR count). The Kier molecular flexibility index (Phi) is 5.86. The van der Waals surface area contributed by atoms with Crippen molar-refractivity contribution >= 4 is 65.6 Å². The number of nitrogens with zero attached hydrogens (tertiary/aromatic N) is 5. The van der Waals surface area contributed by atoms with Crippen LogP contribution in [0.15, 0.2) is 168 Å². The number of para-hydroxylation sites is 3. The average molecular weight is 654 g/mol. The summed E-state index contributed by atoms with van der Waals surface area (Å²) < 4.78 is 10.9. The Bertz CT molecular complexity index is 3080. The standard InChI is InChI=1S/C45H27N5O/c1-3-13-28(14-4-1)43-46-44(29-15-5-2-6-16-29)48-45(47-43)50-38-21-11-8-18-32(38)36-26-39-35(27-40(36)50)31-17-7-10-20-37(31)49(39)30-23-24-34-33-19-9-12-22-41(33)51-42(34)25-30/h1-27H. The summed E-state index contributed by atoms with van der Waals surface area (Å²) in [4.78, 5) is 15.2. The Labute approximate surface area is 291 Å². The van der Waals surface area contributed by atoms with Crippen LogP contribution in [0.4, 0.5) is 0 Å². The van der Waals surface area contributed by atoms with Crippen molar-refractivity contribution in [2.75, 3.05) is 0 Å². The van der Waals surface area contributed by atoms with E-state index in [2.05, 4.69) is 100 Å². The van der Waals surface area contributed by atoms with E-state index in [4.69, 9.17) is 19.4 Å². The molecule has 0 saturated carbocycles. The topological polar surface area (TPSA) is 61.7 Å². The summed E-state index contributed by atoms with van der Waals surface area (Å²) in [6.45, 7) is 0. The van der Waals surface area contributed by atoms with Gasteiger partial charge >= 0.3 is 0 Å². The van der Waals surface area contributed by atoms with Crippen molar-refractivity contribution in [2.45, 2.75) is 0 Å². The van der Waals surface area contributed by atoms with Gasteiger partial charge in [-0.15, -0.1) is 0 Å². The molecule has 0 unspecified atom stereocenters. The Hall–Kier alpha value is -7.05. The molecular formula is C45H27N5O. The number of hydrogen-bond acceptors (Lipinski definition) is 4. The van der Waals surface area contributed by atoms with E-state index in [0.29, 0.717) is 17.6 Å². The molecule has 0 radical (unpaired) electrons. The molecule has 0 N–H and O–H groups in total. The summed E-state index contributed by atoms with van der Waals surface area (Å²) >= 11 is 0. The van der Waals surface area contributed by atoms with Gasteiger partial charge in [-0.25, -0.2) is 4.98 Å². The van der Waals surface area contributed by atoms with Gasteiger partial charge in [0.25, 0.3) is 0 Å². The Morgan fingerprint density at radius 2 is 0.863 bits per heavy atom. The van der Waals surface area contributed by atoms with E-state index in [-0.39, 0.29) is 0 Å². The highest BCUT2D eigenvalue weighted by Crippen LogP contribution is 2.40. The van der Waals surface area contributed by atoms with Crippen LogP contribution in [0.2, 0.25) is 0 Å². The van der Waals surface area contributed by atoms with E-state index in [1.807, 2.05) is 72.8 Å². The van der Waals surface area contributed by atoms with Gasteiger partial charge in [0.1, 0.15) is 11.2 Å². The molecule has 0 saturated heterocycles. The van der Waals surface area contributed by atoms with Crippen molar-refractivity contribution in [3.63, 3.8) is 0 Å². The van der Waals surface area contributed by atoms with Gasteiger partial charge < -0.3 is 8.98 Å². The lowest BCUT2D eigenvalue weighted by atomic mass is 10.1. The SMILES string of the molecule is c1ccc(-c2nc(-c3ccccc3)nc(-n3c4ccccc4c4cc5c(cc43)c3ccccc3n5-c3ccc4c(c3)oc3ccccc34)n2)cc1. The minimum atomic E-state index is 0.576. The summed E-state index contributed by atoms with van der Waals surface area (Å²) in [5, 5.41) is 6.80. The monoisotopic (exact) mass is 653 g/mol. The minimum Gasteiger partial charge on any atom is -0.456 e. The quantitative estimate of drug-likeness (QED) is 0.190. The first-order valence-corrected chi connectivity index (χ1v) is 17.0. The van der Waals surface area contributed by atoms with Gasteiger partial charge in [-0.1, -0.05) is 115 Å². The fourth-order valence-electron chi connectivity index (χ4n) is 7.68. The fourth-order valence-corrected chi connectivity index (χ4v) is 7.68. The molecule has 4 heterocycles. The molecule has 6 heteroatoms. The van der Waals surface area contributed by atoms with Gasteiger partial charge in [0.15, 0.2) is 11.6 Å². The highest BCUT2D eigenvalue weighted by Gasteiger charge is 2.21. The smallest absolute Gasteiger partial charge is 0.238 e. The van der Waals surface area contributed by atoms with E-state index in [1.165, 1.54) is 5.39 Å². The lowest BCUT2D eigenvalue weighted by molar-refractivity contribution is 0.668. The molecule has 0 atom stereocenters. The maximum atomic E-state index is 6.34. The van der Waals surface area contributed by atoms with Crippen molar-refractivity contribution < 1.29 is 4.42 Å². The first kappa shape index (κ1) is 27.9. The summed E-state index contributed by atoms with van der Waals surface area (Å²) in [6, 6.07) is 56.7. The first-order valence-electron chi connectivity index (χ1n) is 17.0. The predicted octanol–water partition coefficient (Wildman–Crippen LogP) is 11.3. The van der Waals surface area contributed by atoms with Crippen LogP contribution < -0.4 is 0 Å². The molecule has 238 valence electrons. The normalized spacial score (nSPS) is 11.9. The van der Waals surface area contributed by atoms with Crippen LogP contribution in [-0.2, 0) is 0 Å². The Balaban J connectivity index is 1.21. The minimum absolute atomic E-state index is 0.576. The van der Waals surface area contributed by atoms with E-state index in [0.717, 1.165) is 77.0 Å². The van der Waals surface area contributed by atoms with E-state index in [9.17, 15) is 0 Å². The highest BCUT2D eigenvalue weighted by atomic mass is 16.3. The van der Waals surface area contributed by atoms with Crippen LogP contribution in [0.5, 0.6) is 0 Å². The average Bonchev–Trinajstić information content (AvgIpc) is 3.84. The summed E-state index contributed by atoms with van der Waals surface area (Å²) in [6.07, 6.45) is 0. The molecule has 7 aromatic carbocycles. The zero-order valence-electron chi connectivity index (χ0n) is 27.2. The van der Waals surface area contributed by atoms with Crippen LogP contribution in [0.3, 0.4) is 0 Å². The van der Waals surface area contributed by atoms with E-state index >= 15 is 0 Å². The van der Waals surface area contributed by atoms with E-state index < -0.39 is 0 Å². The maximum absolute atomic E-state index is 6.34. The second kappa shape index (κ2) is 10.7. The number of hydrogen-bond donors (Lipinski definition) is 0. The second-order valence-corrected chi connectivity index (χ2v) is 12.9. The zero-order valence-corrected chi connectivity index (χ0v) is 27.2. The molecule has 0 bridgehead atoms. The molecule has 6 nitrogen and oxygen atoms in total. The number of furan rings is 1. The molecule has 4 aromatic heterocycles. The summed E-state index contributed by atoms with van der Waals surface area (Å²) in [5.41, 5.74) is 9.00. The molecule has 0 aliphatic carbocycles. The molecule has 0 aliphatic rings. The van der Waals surface area contributed by atoms with Crippen LogP contribution >= 0.6 is 0 Å². The number of fused-ring (bicyclic) bond motifs is 9. The summed E-state index contributed by atoms with van der Waals surface area (Å²) in [5.74, 6) is 1.83. The van der Waals surface area contributed by atoms with Crippen LogP contribution in [0, 0.1) is 0 Å². The van der Waals surface area contributed by atoms with Gasteiger partial charge in [0.05, 0.1) is 22.1 Å². The molecule has 0 amide bonds. The molecular weight excluding hydrogens is 627 g/mol.